The molecule has 1 N–H and O–H groups in total. The van der Waals surface area contributed by atoms with Crippen LogP contribution in [-0.2, 0) is 11.3 Å². The third-order valence-corrected chi connectivity index (χ3v) is 7.03. The Kier molecular flexibility index (Phi) is 7.14. The van der Waals surface area contributed by atoms with E-state index < -0.39 is 29.1 Å². The van der Waals surface area contributed by atoms with Crippen molar-refractivity contribution in [3.63, 3.8) is 0 Å². The zero-order chi connectivity index (χ0) is 25.2. The Morgan fingerprint density at radius 2 is 1.89 bits per heavy atom. The van der Waals surface area contributed by atoms with Crippen LogP contribution in [0.25, 0.3) is 0 Å². The first kappa shape index (κ1) is 24.8. The van der Waals surface area contributed by atoms with E-state index in [1.165, 1.54) is 21.9 Å². The second-order valence-electron chi connectivity index (χ2n) is 9.71. The number of rotatable bonds is 7. The Morgan fingerprint density at radius 1 is 1.14 bits per heavy atom. The first-order chi connectivity index (χ1) is 16.7. The number of nitrogens with one attached hydrogen (secondary N) is 1. The largest absolute Gasteiger partial charge is 0.339 e. The molecule has 7 nitrogen and oxygen atoms in total. The van der Waals surface area contributed by atoms with Crippen molar-refractivity contribution in [2.45, 2.75) is 51.6 Å². The second-order valence-corrected chi connectivity index (χ2v) is 9.71. The molecule has 0 spiro atoms. The topological polar surface area (TPSA) is 82.6 Å². The fourth-order valence-electron chi connectivity index (χ4n) is 5.02. The normalized spacial score (nSPS) is 21.1. The number of aromatic nitrogens is 1. The summed E-state index contributed by atoms with van der Waals surface area (Å²) in [4.78, 5) is 46.4. The predicted octanol–water partition coefficient (Wildman–Crippen LogP) is 4.14. The number of hydrogen-bond acceptors (Lipinski definition) is 4. The molecule has 1 unspecified atom stereocenters. The summed E-state index contributed by atoms with van der Waals surface area (Å²) in [7, 11) is 0. The number of carbonyl (C=O) groups excluding carboxylic acids is 3. The number of hydrogen-bond donors (Lipinski definition) is 1. The van der Waals surface area contributed by atoms with Crippen molar-refractivity contribution in [3.05, 3.63) is 65.5 Å². The molecule has 0 saturated carbocycles. The third kappa shape index (κ3) is 4.90. The van der Waals surface area contributed by atoms with Crippen molar-refractivity contribution in [2.75, 3.05) is 13.1 Å². The zero-order valence-corrected chi connectivity index (χ0v) is 20.0. The van der Waals surface area contributed by atoms with Crippen LogP contribution < -0.4 is 5.32 Å². The van der Waals surface area contributed by atoms with Crippen molar-refractivity contribution in [1.29, 1.82) is 0 Å². The highest BCUT2D eigenvalue weighted by Crippen LogP contribution is 2.38. The molecular weight excluding hydrogens is 454 g/mol. The molecule has 2 saturated heterocycles. The lowest BCUT2D eigenvalue weighted by Gasteiger charge is -2.41. The molecule has 2 fully saturated rings. The van der Waals surface area contributed by atoms with E-state index in [-0.39, 0.29) is 37.0 Å². The van der Waals surface area contributed by atoms with E-state index in [9.17, 15) is 23.2 Å². The lowest BCUT2D eigenvalue weighted by Crippen LogP contribution is -2.56. The van der Waals surface area contributed by atoms with Gasteiger partial charge >= 0.3 is 6.03 Å². The first-order valence-corrected chi connectivity index (χ1v) is 12.0. The van der Waals surface area contributed by atoms with Crippen LogP contribution in [0.15, 0.2) is 42.6 Å². The Hall–Kier alpha value is -3.36. The molecule has 1 aromatic heterocycles. The van der Waals surface area contributed by atoms with E-state index in [4.69, 9.17) is 0 Å². The van der Waals surface area contributed by atoms with Crippen LogP contribution >= 0.6 is 0 Å². The van der Waals surface area contributed by atoms with Gasteiger partial charge in [-0.15, -0.1) is 0 Å². The van der Waals surface area contributed by atoms with Gasteiger partial charge in [0.25, 0.3) is 11.8 Å². The molecule has 186 valence electrons. The molecule has 4 amide bonds. The van der Waals surface area contributed by atoms with Crippen molar-refractivity contribution in [3.8, 4) is 0 Å². The van der Waals surface area contributed by atoms with Gasteiger partial charge < -0.3 is 10.2 Å². The fourth-order valence-corrected chi connectivity index (χ4v) is 5.02. The van der Waals surface area contributed by atoms with Gasteiger partial charge in [0.05, 0.1) is 17.8 Å². The molecular formula is C26H30F2N4O3. The first-order valence-electron chi connectivity index (χ1n) is 12.0. The lowest BCUT2D eigenvalue weighted by molar-refractivity contribution is -0.134. The number of urea groups is 1. The number of likely N-dealkylation sites (tertiary alicyclic amines) is 1. The van der Waals surface area contributed by atoms with Crippen LogP contribution in [0.3, 0.4) is 0 Å². The van der Waals surface area contributed by atoms with Gasteiger partial charge in [0.2, 0.25) is 0 Å². The number of carbonyl (C=O) groups is 3. The van der Waals surface area contributed by atoms with Crippen LogP contribution in [0.4, 0.5) is 13.6 Å². The smallest absolute Gasteiger partial charge is 0.325 e. The standard InChI is InChI=1S/C26H30F2N4O3/c1-17(2)9-12-26(24(34)32(25(35)30-26)16-19-6-3-4-13-29-19)18-10-14-31(15-11-18)23(33)20-7-5-8-21(27)22(20)28/h3-8,13,17-18H,9-12,14-16H2,1-2H3,(H,30,35). The highest BCUT2D eigenvalue weighted by molar-refractivity contribution is 6.07. The minimum atomic E-state index is -1.16. The molecule has 0 aliphatic carbocycles. The van der Waals surface area contributed by atoms with Gasteiger partial charge in [0.15, 0.2) is 11.6 Å². The average Bonchev–Trinajstić information content (AvgIpc) is 3.10. The van der Waals surface area contributed by atoms with E-state index in [1.807, 2.05) is 0 Å². The minimum Gasteiger partial charge on any atom is -0.339 e. The number of benzene rings is 1. The van der Waals surface area contributed by atoms with Gasteiger partial charge in [-0.3, -0.25) is 19.5 Å². The lowest BCUT2D eigenvalue weighted by atomic mass is 9.73. The summed E-state index contributed by atoms with van der Waals surface area (Å²) in [5, 5.41) is 3.00. The quantitative estimate of drug-likeness (QED) is 0.599. The van der Waals surface area contributed by atoms with Crippen LogP contribution in [0.2, 0.25) is 0 Å². The number of pyridine rings is 1. The second kappa shape index (κ2) is 10.1. The molecule has 35 heavy (non-hydrogen) atoms. The van der Waals surface area contributed by atoms with Crippen molar-refractivity contribution in [1.82, 2.24) is 20.1 Å². The van der Waals surface area contributed by atoms with E-state index in [0.717, 1.165) is 12.5 Å². The molecule has 2 aromatic rings. The Bertz CT molecular complexity index is 1100. The monoisotopic (exact) mass is 484 g/mol. The van der Waals surface area contributed by atoms with E-state index in [2.05, 4.69) is 24.1 Å². The maximum atomic E-state index is 14.2. The van der Waals surface area contributed by atoms with Gasteiger partial charge in [-0.25, -0.2) is 13.6 Å². The highest BCUT2D eigenvalue weighted by atomic mass is 19.2. The fraction of sp³-hybridized carbons (Fsp3) is 0.462. The Labute approximate surface area is 203 Å². The summed E-state index contributed by atoms with van der Waals surface area (Å²) in [6.07, 6.45) is 3.78. The van der Waals surface area contributed by atoms with Crippen molar-refractivity contribution in [2.24, 2.45) is 11.8 Å². The summed E-state index contributed by atoms with van der Waals surface area (Å²) in [6, 6.07) is 8.46. The minimum absolute atomic E-state index is 0.0884. The molecule has 3 heterocycles. The van der Waals surface area contributed by atoms with E-state index in [1.54, 1.807) is 24.4 Å². The summed E-state index contributed by atoms with van der Waals surface area (Å²) < 4.78 is 27.8. The molecule has 2 aliphatic heterocycles. The van der Waals surface area contributed by atoms with Gasteiger partial charge in [-0.2, -0.15) is 0 Å². The number of amides is 4. The van der Waals surface area contributed by atoms with Gasteiger partial charge in [-0.1, -0.05) is 26.0 Å². The third-order valence-electron chi connectivity index (χ3n) is 7.03. The van der Waals surface area contributed by atoms with Crippen molar-refractivity contribution < 1.29 is 23.2 Å². The predicted molar refractivity (Wildman–Crippen MR) is 125 cm³/mol. The van der Waals surface area contributed by atoms with Crippen LogP contribution in [0.1, 0.15) is 55.6 Å². The molecule has 2 aliphatic rings. The number of halogens is 2. The summed E-state index contributed by atoms with van der Waals surface area (Å²) in [5.74, 6) is -2.92. The van der Waals surface area contributed by atoms with E-state index in [0.29, 0.717) is 30.9 Å². The molecule has 0 radical (unpaired) electrons. The Balaban J connectivity index is 1.52. The molecule has 9 heteroatoms. The molecule has 0 bridgehead atoms. The summed E-state index contributed by atoms with van der Waals surface area (Å²) in [5.41, 5.74) is -0.743. The number of nitrogens with zero attached hydrogens (tertiary/aromatic N) is 3. The zero-order valence-electron chi connectivity index (χ0n) is 20.0. The van der Waals surface area contributed by atoms with Crippen LogP contribution in [0, 0.1) is 23.5 Å². The highest BCUT2D eigenvalue weighted by Gasteiger charge is 2.55. The summed E-state index contributed by atoms with van der Waals surface area (Å²) in [6.45, 7) is 4.79. The SMILES string of the molecule is CC(C)CCC1(C2CCN(C(=O)c3cccc(F)c3F)CC2)NC(=O)N(Cc2ccccn2)C1=O. The molecule has 4 rings (SSSR count). The molecule has 1 atom stereocenters. The van der Waals surface area contributed by atoms with Gasteiger partial charge in [0.1, 0.15) is 5.54 Å². The maximum absolute atomic E-state index is 14.2. The molecule has 1 aromatic carbocycles. The van der Waals surface area contributed by atoms with Gasteiger partial charge in [0, 0.05) is 19.3 Å². The number of imide groups is 1. The Morgan fingerprint density at radius 3 is 2.54 bits per heavy atom. The van der Waals surface area contributed by atoms with E-state index >= 15 is 0 Å². The maximum Gasteiger partial charge on any atom is 0.325 e. The van der Waals surface area contributed by atoms with Gasteiger partial charge in [-0.05, 0) is 61.8 Å². The van der Waals surface area contributed by atoms with Crippen LogP contribution in [0.5, 0.6) is 0 Å². The van der Waals surface area contributed by atoms with Crippen molar-refractivity contribution >= 4 is 17.8 Å². The number of piperidine rings is 1. The summed E-state index contributed by atoms with van der Waals surface area (Å²) >= 11 is 0. The average molecular weight is 485 g/mol. The van der Waals surface area contributed by atoms with Crippen LogP contribution in [-0.4, -0.2) is 51.3 Å².